The Hall–Kier alpha value is -1.57. The van der Waals surface area contributed by atoms with Crippen LogP contribution < -0.4 is 0 Å². The molecule has 4 aliphatic carbocycles. The fourth-order valence-electron chi connectivity index (χ4n) is 10.1. The van der Waals surface area contributed by atoms with Crippen LogP contribution in [0.4, 0.5) is 0 Å². The maximum absolute atomic E-state index is 12.0. The maximum Gasteiger partial charge on any atom is 0.378 e. The molecule has 1 aliphatic heterocycles. The Morgan fingerprint density at radius 3 is 2.57 bits per heavy atom. The lowest BCUT2D eigenvalue weighted by Crippen LogP contribution is -2.51. The first-order valence-electron chi connectivity index (χ1n) is 16.9. The zero-order valence-electron chi connectivity index (χ0n) is 26.6. The van der Waals surface area contributed by atoms with Crippen molar-refractivity contribution in [3.63, 3.8) is 0 Å². The monoisotopic (exact) mass is 588 g/mol. The van der Waals surface area contributed by atoms with E-state index in [1.165, 1.54) is 51.4 Å². The smallest absolute Gasteiger partial charge is 0.378 e. The van der Waals surface area contributed by atoms with Crippen LogP contribution in [0.5, 0.6) is 0 Å². The number of hydrogen-bond donors (Lipinski definition) is 3. The fourth-order valence-corrected chi connectivity index (χ4v) is 10.1. The van der Waals surface area contributed by atoms with Crippen molar-refractivity contribution in [2.75, 3.05) is 19.8 Å². The molecule has 5 aliphatic rings. The highest BCUT2D eigenvalue weighted by Gasteiger charge is 2.59. The third kappa shape index (κ3) is 5.91. The van der Waals surface area contributed by atoms with Crippen LogP contribution in [-0.2, 0) is 19.0 Å². The minimum Gasteiger partial charge on any atom is -0.505 e. The van der Waals surface area contributed by atoms with Crippen molar-refractivity contribution in [2.45, 2.75) is 124 Å². The first-order chi connectivity index (χ1) is 20.0. The standard InChI is InChI=1S/C35H56O7/c1-21(2)7-6-8-22(3)26-11-12-27-25-10-9-23-19-24(13-15-34(23,4)28(25)14-16-35(26,27)5)40-17-18-41-32-30(38)31(29(37)20-36)42-33(32)39/h9,21-22,24-29,31,36-38H,6-8,10-20H2,1-5H3/t22-,24?,25?,26-,27?,28?,29+,31-,34+,35-/m1/s1. The first-order valence-corrected chi connectivity index (χ1v) is 16.9. The molecule has 3 saturated carbocycles. The molecule has 3 fully saturated rings. The topological polar surface area (TPSA) is 105 Å². The molecule has 0 aromatic carbocycles. The molecule has 1 heterocycles. The van der Waals surface area contributed by atoms with Gasteiger partial charge in [-0.05, 0) is 97.7 Å². The largest absolute Gasteiger partial charge is 0.505 e. The normalized spacial score (nSPS) is 39.3. The molecule has 42 heavy (non-hydrogen) atoms. The number of fused-ring (bicyclic) bond motifs is 5. The van der Waals surface area contributed by atoms with E-state index in [0.717, 1.165) is 54.8 Å². The Balaban J connectivity index is 1.14. The van der Waals surface area contributed by atoms with Crippen LogP contribution in [0, 0.1) is 46.3 Å². The molecular formula is C35H56O7. The number of aliphatic hydroxyl groups is 3. The fraction of sp³-hybridized carbons (Fsp3) is 0.857. The van der Waals surface area contributed by atoms with Crippen molar-refractivity contribution in [3.8, 4) is 0 Å². The lowest BCUT2D eigenvalue weighted by atomic mass is 9.47. The van der Waals surface area contributed by atoms with Gasteiger partial charge in [0.2, 0.25) is 5.76 Å². The summed E-state index contributed by atoms with van der Waals surface area (Å²) >= 11 is 0. The van der Waals surface area contributed by atoms with Crippen LogP contribution in [-0.4, -0.2) is 59.4 Å². The number of aliphatic hydroxyl groups excluding tert-OH is 3. The minimum atomic E-state index is -1.39. The summed E-state index contributed by atoms with van der Waals surface area (Å²) in [6.07, 6.45) is 14.1. The highest BCUT2D eigenvalue weighted by atomic mass is 16.6. The summed E-state index contributed by atoms with van der Waals surface area (Å²) in [4.78, 5) is 12.0. The molecule has 4 unspecified atom stereocenters. The predicted octanol–water partition coefficient (Wildman–Crippen LogP) is 6.48. The van der Waals surface area contributed by atoms with Gasteiger partial charge in [-0.1, -0.05) is 65.5 Å². The Kier molecular flexibility index (Phi) is 9.71. The molecule has 0 aromatic rings. The van der Waals surface area contributed by atoms with E-state index in [9.17, 15) is 15.0 Å². The molecule has 7 nitrogen and oxygen atoms in total. The Bertz CT molecular complexity index is 1030. The summed E-state index contributed by atoms with van der Waals surface area (Å²) in [6.45, 7) is 12.2. The van der Waals surface area contributed by atoms with Crippen LogP contribution >= 0.6 is 0 Å². The molecule has 0 aromatic heterocycles. The van der Waals surface area contributed by atoms with Crippen molar-refractivity contribution in [3.05, 3.63) is 23.2 Å². The van der Waals surface area contributed by atoms with Gasteiger partial charge in [-0.15, -0.1) is 0 Å². The average Bonchev–Trinajstić information content (AvgIpc) is 3.45. The van der Waals surface area contributed by atoms with Gasteiger partial charge in [0.05, 0.1) is 19.3 Å². The molecule has 5 rings (SSSR count). The van der Waals surface area contributed by atoms with Gasteiger partial charge in [-0.2, -0.15) is 0 Å². The highest BCUT2D eigenvalue weighted by Crippen LogP contribution is 2.67. The van der Waals surface area contributed by atoms with Gasteiger partial charge in [0.15, 0.2) is 11.9 Å². The third-order valence-electron chi connectivity index (χ3n) is 12.4. The van der Waals surface area contributed by atoms with Gasteiger partial charge in [-0.3, -0.25) is 0 Å². The van der Waals surface area contributed by atoms with Crippen LogP contribution in [0.3, 0.4) is 0 Å². The summed E-state index contributed by atoms with van der Waals surface area (Å²) in [7, 11) is 0. The molecule has 238 valence electrons. The molecule has 0 amide bonds. The molecule has 0 saturated heterocycles. The number of carbonyl (C=O) groups is 1. The quantitative estimate of drug-likeness (QED) is 0.136. The number of rotatable bonds is 12. The first kappa shape index (κ1) is 31.8. The van der Waals surface area contributed by atoms with E-state index in [4.69, 9.17) is 19.3 Å². The van der Waals surface area contributed by atoms with E-state index in [1.54, 1.807) is 5.57 Å². The summed E-state index contributed by atoms with van der Waals surface area (Å²) in [5.41, 5.74) is 2.36. The SMILES string of the molecule is CC(C)CCC[C@@H](C)[C@H]1CCC2C3CC=C4CC(OCCOC5=C(O)[C@@H]([C@@H](O)CO)OC5=O)CC[C@]4(C)C3CC[C@@]21C. The minimum absolute atomic E-state index is 0.102. The zero-order valence-corrected chi connectivity index (χ0v) is 26.6. The summed E-state index contributed by atoms with van der Waals surface area (Å²) in [5.74, 6) is 3.37. The summed E-state index contributed by atoms with van der Waals surface area (Å²) in [6, 6.07) is 0. The zero-order chi connectivity index (χ0) is 30.2. The van der Waals surface area contributed by atoms with Crippen molar-refractivity contribution in [1.82, 2.24) is 0 Å². The Labute approximate surface area is 253 Å². The second-order valence-corrected chi connectivity index (χ2v) is 15.2. The third-order valence-corrected chi connectivity index (χ3v) is 12.4. The predicted molar refractivity (Wildman–Crippen MR) is 161 cm³/mol. The van der Waals surface area contributed by atoms with E-state index in [0.29, 0.717) is 12.0 Å². The molecule has 0 spiro atoms. The second kappa shape index (κ2) is 12.8. The van der Waals surface area contributed by atoms with E-state index in [1.807, 2.05) is 0 Å². The lowest BCUT2D eigenvalue weighted by molar-refractivity contribution is -0.148. The van der Waals surface area contributed by atoms with Crippen LogP contribution in [0.1, 0.15) is 105 Å². The number of hydrogen-bond acceptors (Lipinski definition) is 7. The molecule has 0 radical (unpaired) electrons. The second-order valence-electron chi connectivity index (χ2n) is 15.2. The van der Waals surface area contributed by atoms with Gasteiger partial charge in [0.1, 0.15) is 12.7 Å². The van der Waals surface area contributed by atoms with Gasteiger partial charge in [-0.25, -0.2) is 4.79 Å². The number of ether oxygens (including phenoxy) is 3. The van der Waals surface area contributed by atoms with Gasteiger partial charge in [0, 0.05) is 0 Å². The molecule has 0 bridgehead atoms. The molecule has 3 N–H and O–H groups in total. The average molecular weight is 589 g/mol. The van der Waals surface area contributed by atoms with Crippen molar-refractivity contribution >= 4 is 5.97 Å². The highest BCUT2D eigenvalue weighted by molar-refractivity contribution is 5.89. The van der Waals surface area contributed by atoms with Gasteiger partial charge < -0.3 is 29.5 Å². The molecule has 10 atom stereocenters. The number of allylic oxidation sites excluding steroid dienone is 1. The van der Waals surface area contributed by atoms with E-state index >= 15 is 0 Å². The summed E-state index contributed by atoms with van der Waals surface area (Å²) < 4.78 is 16.6. The Morgan fingerprint density at radius 1 is 1.05 bits per heavy atom. The van der Waals surface area contributed by atoms with E-state index < -0.39 is 30.5 Å². The van der Waals surface area contributed by atoms with Gasteiger partial charge in [0.25, 0.3) is 0 Å². The molecular weight excluding hydrogens is 532 g/mol. The van der Waals surface area contributed by atoms with Crippen molar-refractivity contribution < 1.29 is 34.3 Å². The van der Waals surface area contributed by atoms with E-state index in [-0.39, 0.29) is 23.9 Å². The number of carbonyl (C=O) groups excluding carboxylic acids is 1. The molecule has 7 heteroatoms. The lowest BCUT2D eigenvalue weighted by Gasteiger charge is -2.58. The maximum atomic E-state index is 12.0. The van der Waals surface area contributed by atoms with Crippen LogP contribution in [0.2, 0.25) is 0 Å². The number of cyclic esters (lactones) is 1. The Morgan fingerprint density at radius 2 is 1.83 bits per heavy atom. The number of esters is 1. The van der Waals surface area contributed by atoms with Gasteiger partial charge >= 0.3 is 5.97 Å². The summed E-state index contributed by atoms with van der Waals surface area (Å²) in [5, 5.41) is 29.0. The van der Waals surface area contributed by atoms with Crippen LogP contribution in [0.15, 0.2) is 23.2 Å². The van der Waals surface area contributed by atoms with Crippen molar-refractivity contribution in [1.29, 1.82) is 0 Å². The van der Waals surface area contributed by atoms with Crippen LogP contribution in [0.25, 0.3) is 0 Å². The van der Waals surface area contributed by atoms with E-state index in [2.05, 4.69) is 40.7 Å². The van der Waals surface area contributed by atoms with Crippen molar-refractivity contribution in [2.24, 2.45) is 46.3 Å².